The van der Waals surface area contributed by atoms with E-state index in [-0.39, 0.29) is 19.1 Å². The largest absolute Gasteiger partial charge is 0.480 e. The summed E-state index contributed by atoms with van der Waals surface area (Å²) in [7, 11) is 0. The third kappa shape index (κ3) is 6.82. The van der Waals surface area contributed by atoms with E-state index in [0.717, 1.165) is 22.3 Å². The van der Waals surface area contributed by atoms with E-state index in [4.69, 9.17) is 9.47 Å². The Kier molecular flexibility index (Phi) is 8.51. The molecule has 3 rings (SSSR count). The van der Waals surface area contributed by atoms with E-state index >= 15 is 0 Å². The summed E-state index contributed by atoms with van der Waals surface area (Å²) in [5, 5.41) is 14.5. The first-order valence-corrected chi connectivity index (χ1v) is 11.9. The summed E-state index contributed by atoms with van der Waals surface area (Å²) in [5.41, 5.74) is 3.87. The number of carboxylic acids is 1. The van der Waals surface area contributed by atoms with E-state index in [1.807, 2.05) is 43.3 Å². The van der Waals surface area contributed by atoms with E-state index in [2.05, 4.69) is 22.8 Å². The predicted octanol–water partition coefficient (Wildman–Crippen LogP) is 4.08. The average Bonchev–Trinajstić information content (AvgIpc) is 3.13. The highest BCUT2D eigenvalue weighted by molar-refractivity contribution is 5.89. The van der Waals surface area contributed by atoms with Gasteiger partial charge >= 0.3 is 12.1 Å². The Morgan fingerprint density at radius 1 is 0.943 bits per heavy atom. The van der Waals surface area contributed by atoms with Crippen LogP contribution in [0.4, 0.5) is 4.79 Å². The highest BCUT2D eigenvalue weighted by Gasteiger charge is 2.31. The monoisotopic (exact) mass is 482 g/mol. The molecule has 188 valence electrons. The van der Waals surface area contributed by atoms with Crippen LogP contribution < -0.4 is 10.6 Å². The van der Waals surface area contributed by atoms with Crippen LogP contribution in [0.1, 0.15) is 57.6 Å². The topological polar surface area (TPSA) is 114 Å². The number of hydrogen-bond acceptors (Lipinski definition) is 5. The maximum atomic E-state index is 12.8. The molecule has 0 fully saturated rings. The molecule has 8 heteroatoms. The second-order valence-electron chi connectivity index (χ2n) is 9.63. The molecule has 8 nitrogen and oxygen atoms in total. The minimum atomic E-state index is -1.23. The number of ether oxygens (including phenoxy) is 2. The van der Waals surface area contributed by atoms with Crippen molar-refractivity contribution in [3.8, 4) is 11.1 Å². The lowest BCUT2D eigenvalue weighted by Gasteiger charge is -2.25. The molecule has 0 spiro atoms. The minimum Gasteiger partial charge on any atom is -0.480 e. The van der Waals surface area contributed by atoms with Crippen LogP contribution in [-0.4, -0.2) is 54.0 Å². The molecule has 1 aliphatic carbocycles. The number of carboxylic acid groups (broad SMARTS) is 1. The van der Waals surface area contributed by atoms with Crippen molar-refractivity contribution in [2.24, 2.45) is 0 Å². The smallest absolute Gasteiger partial charge is 0.407 e. The Morgan fingerprint density at radius 3 is 2.03 bits per heavy atom. The van der Waals surface area contributed by atoms with Crippen molar-refractivity contribution in [1.29, 1.82) is 0 Å². The molecule has 0 heterocycles. The van der Waals surface area contributed by atoms with Gasteiger partial charge < -0.3 is 25.2 Å². The second-order valence-corrected chi connectivity index (χ2v) is 9.63. The first kappa shape index (κ1) is 26.2. The molecule has 0 aliphatic heterocycles. The molecule has 3 N–H and O–H groups in total. The number of hydrogen-bond donors (Lipinski definition) is 3. The molecule has 2 amide bonds. The maximum Gasteiger partial charge on any atom is 0.407 e. The molecule has 1 aliphatic rings. The summed E-state index contributed by atoms with van der Waals surface area (Å²) < 4.78 is 11.1. The number of nitrogens with one attached hydrogen (secondary N) is 2. The predicted molar refractivity (Wildman–Crippen MR) is 132 cm³/mol. The first-order valence-electron chi connectivity index (χ1n) is 11.9. The van der Waals surface area contributed by atoms with Crippen molar-refractivity contribution < 1.29 is 29.0 Å². The van der Waals surface area contributed by atoms with Crippen molar-refractivity contribution in [3.05, 3.63) is 59.7 Å². The van der Waals surface area contributed by atoms with Gasteiger partial charge in [-0.1, -0.05) is 61.9 Å². The van der Waals surface area contributed by atoms with E-state index in [0.29, 0.717) is 12.8 Å². The summed E-state index contributed by atoms with van der Waals surface area (Å²) in [6.07, 6.45) is 0.221. The molecule has 2 aromatic rings. The number of benzene rings is 2. The fourth-order valence-electron chi connectivity index (χ4n) is 4.12. The van der Waals surface area contributed by atoms with Gasteiger partial charge in [0.25, 0.3) is 0 Å². The van der Waals surface area contributed by atoms with Crippen LogP contribution in [0.2, 0.25) is 0 Å². The molecule has 0 bridgehead atoms. The number of alkyl carbamates (subject to hydrolysis) is 1. The molecular formula is C27H34N2O6. The van der Waals surface area contributed by atoms with Crippen LogP contribution in [0.3, 0.4) is 0 Å². The van der Waals surface area contributed by atoms with Crippen LogP contribution in [0.25, 0.3) is 11.1 Å². The number of carbonyl (C=O) groups excluding carboxylic acids is 2. The number of amides is 2. The third-order valence-electron chi connectivity index (χ3n) is 5.83. The Hall–Kier alpha value is -3.39. The highest BCUT2D eigenvalue weighted by atomic mass is 16.5. The van der Waals surface area contributed by atoms with Crippen molar-refractivity contribution in [3.63, 3.8) is 0 Å². The standard InChI is InChI=1S/C27H34N2O6/c1-5-10-22(24(30)28-23(25(31)32)16-35-27(2,3)4)29-26(33)34-15-21-19-13-8-6-11-17(19)18-12-7-9-14-20(18)21/h6-9,11-14,21-23H,5,10,15-16H2,1-4H3,(H,28,30)(H,29,33)(H,31,32)/t22?,23-/m0/s1. The minimum absolute atomic E-state index is 0.0995. The van der Waals surface area contributed by atoms with Crippen LogP contribution >= 0.6 is 0 Å². The lowest BCUT2D eigenvalue weighted by Crippen LogP contribution is -2.53. The average molecular weight is 483 g/mol. The van der Waals surface area contributed by atoms with Crippen LogP contribution in [0.15, 0.2) is 48.5 Å². The molecule has 0 aromatic heterocycles. The second kappa shape index (κ2) is 11.4. The summed E-state index contributed by atoms with van der Waals surface area (Å²) in [5.74, 6) is -1.90. The van der Waals surface area contributed by atoms with Gasteiger partial charge in [0.2, 0.25) is 5.91 Å². The van der Waals surface area contributed by atoms with Gasteiger partial charge in [-0.25, -0.2) is 9.59 Å². The molecule has 0 radical (unpaired) electrons. The molecule has 1 unspecified atom stereocenters. The maximum absolute atomic E-state index is 12.8. The van der Waals surface area contributed by atoms with Gasteiger partial charge in [-0.15, -0.1) is 0 Å². The Morgan fingerprint density at radius 2 is 1.51 bits per heavy atom. The summed E-state index contributed by atoms with van der Waals surface area (Å²) in [6, 6.07) is 13.9. The van der Waals surface area contributed by atoms with Crippen LogP contribution in [-0.2, 0) is 19.1 Å². The normalized spacial score (nSPS) is 14.4. The quantitative estimate of drug-likeness (QED) is 0.470. The van der Waals surface area contributed by atoms with Gasteiger partial charge in [-0.3, -0.25) is 4.79 Å². The SMILES string of the molecule is CCCC(NC(=O)OCC1c2ccccc2-c2ccccc21)C(=O)N[C@@H](COC(C)(C)C)C(=O)O. The zero-order chi connectivity index (χ0) is 25.6. The lowest BCUT2D eigenvalue weighted by atomic mass is 9.98. The van der Waals surface area contributed by atoms with Gasteiger partial charge in [0.05, 0.1) is 12.2 Å². The fourth-order valence-corrected chi connectivity index (χ4v) is 4.12. The van der Waals surface area contributed by atoms with Gasteiger partial charge in [-0.2, -0.15) is 0 Å². The van der Waals surface area contributed by atoms with Crippen molar-refractivity contribution in [2.45, 2.75) is 64.1 Å². The lowest BCUT2D eigenvalue weighted by molar-refractivity contribution is -0.145. The molecule has 0 saturated heterocycles. The van der Waals surface area contributed by atoms with Gasteiger partial charge in [0.1, 0.15) is 12.6 Å². The summed E-state index contributed by atoms with van der Waals surface area (Å²) in [6.45, 7) is 7.20. The number of rotatable bonds is 10. The molecule has 0 saturated carbocycles. The Labute approximate surface area is 206 Å². The Balaban J connectivity index is 1.62. The highest BCUT2D eigenvalue weighted by Crippen LogP contribution is 2.44. The zero-order valence-electron chi connectivity index (χ0n) is 20.7. The van der Waals surface area contributed by atoms with E-state index in [1.54, 1.807) is 20.8 Å². The fraction of sp³-hybridized carbons (Fsp3) is 0.444. The van der Waals surface area contributed by atoms with Gasteiger partial charge in [-0.05, 0) is 49.4 Å². The van der Waals surface area contributed by atoms with Crippen molar-refractivity contribution in [1.82, 2.24) is 10.6 Å². The van der Waals surface area contributed by atoms with Crippen LogP contribution in [0.5, 0.6) is 0 Å². The van der Waals surface area contributed by atoms with Crippen LogP contribution in [0, 0.1) is 0 Å². The molecule has 2 atom stereocenters. The third-order valence-corrected chi connectivity index (χ3v) is 5.83. The number of aliphatic carboxylic acids is 1. The van der Waals surface area contributed by atoms with E-state index in [9.17, 15) is 19.5 Å². The molecule has 35 heavy (non-hydrogen) atoms. The number of fused-ring (bicyclic) bond motifs is 3. The van der Waals surface area contributed by atoms with E-state index in [1.165, 1.54) is 0 Å². The first-order chi connectivity index (χ1) is 16.6. The van der Waals surface area contributed by atoms with Gasteiger partial charge in [0, 0.05) is 5.92 Å². The van der Waals surface area contributed by atoms with Crippen molar-refractivity contribution >= 4 is 18.0 Å². The van der Waals surface area contributed by atoms with Gasteiger partial charge in [0.15, 0.2) is 6.04 Å². The summed E-state index contributed by atoms with van der Waals surface area (Å²) >= 11 is 0. The Bertz CT molecular complexity index is 1020. The molecular weight excluding hydrogens is 448 g/mol. The zero-order valence-corrected chi connectivity index (χ0v) is 20.7. The molecule has 2 aromatic carbocycles. The van der Waals surface area contributed by atoms with Crippen molar-refractivity contribution in [2.75, 3.05) is 13.2 Å². The number of carbonyl (C=O) groups is 3. The van der Waals surface area contributed by atoms with E-state index < -0.39 is 35.7 Å². The summed E-state index contributed by atoms with van der Waals surface area (Å²) in [4.78, 5) is 37.0.